The van der Waals surface area contributed by atoms with Crippen molar-refractivity contribution in [2.24, 2.45) is 11.8 Å². The van der Waals surface area contributed by atoms with Crippen LogP contribution in [-0.2, 0) is 0 Å². The maximum Gasteiger partial charge on any atom is 0.256 e. The Bertz CT molecular complexity index is 919. The number of nitrogens with zero attached hydrogens (tertiary/aromatic N) is 1. The molecule has 6 nitrogen and oxygen atoms in total. The molecule has 2 N–H and O–H groups in total. The molecule has 28 heavy (non-hydrogen) atoms. The first-order valence-electron chi connectivity index (χ1n) is 9.88. The molecule has 2 fully saturated rings. The molecule has 1 aromatic carbocycles. The lowest BCUT2D eigenvalue weighted by atomic mass is 9.89. The second kappa shape index (κ2) is 7.43. The van der Waals surface area contributed by atoms with Crippen molar-refractivity contribution >= 4 is 5.91 Å². The Morgan fingerprint density at radius 2 is 1.89 bits per heavy atom. The third kappa shape index (κ3) is 3.22. The van der Waals surface area contributed by atoms with E-state index in [2.05, 4.69) is 22.4 Å². The maximum absolute atomic E-state index is 13.6. The molecule has 2 aliphatic heterocycles. The molecule has 0 aliphatic carbocycles. The number of carbonyl (C=O) groups excluding carboxylic acids is 1. The van der Waals surface area contributed by atoms with E-state index in [4.69, 9.17) is 4.74 Å². The van der Waals surface area contributed by atoms with Crippen LogP contribution in [0.4, 0.5) is 0 Å². The number of aromatic amines is 1. The van der Waals surface area contributed by atoms with Crippen LogP contribution in [0, 0.1) is 11.8 Å². The Morgan fingerprint density at radius 3 is 2.57 bits per heavy atom. The lowest BCUT2D eigenvalue weighted by Crippen LogP contribution is -2.35. The molecule has 0 bridgehead atoms. The molecule has 2 aromatic rings. The first-order valence-corrected chi connectivity index (χ1v) is 9.88. The second-order valence-electron chi connectivity index (χ2n) is 8.06. The summed E-state index contributed by atoms with van der Waals surface area (Å²) in [4.78, 5) is 30.2. The highest BCUT2D eigenvalue weighted by molar-refractivity contribution is 5.96. The summed E-state index contributed by atoms with van der Waals surface area (Å²) in [6.45, 7) is 6.55. The molecule has 1 aromatic heterocycles. The van der Waals surface area contributed by atoms with Crippen LogP contribution in [0.15, 0.2) is 41.2 Å². The number of rotatable bonds is 4. The zero-order valence-electron chi connectivity index (χ0n) is 16.6. The summed E-state index contributed by atoms with van der Waals surface area (Å²) in [5, 5.41) is 3.47. The first-order chi connectivity index (χ1) is 13.5. The van der Waals surface area contributed by atoms with E-state index in [9.17, 15) is 9.59 Å². The van der Waals surface area contributed by atoms with Crippen molar-refractivity contribution in [3.05, 3.63) is 63.6 Å². The summed E-state index contributed by atoms with van der Waals surface area (Å²) < 4.78 is 5.29. The third-order valence-corrected chi connectivity index (χ3v) is 6.04. The number of hydrogen-bond acceptors (Lipinski definition) is 4. The number of amides is 1. The summed E-state index contributed by atoms with van der Waals surface area (Å²) in [5.74, 6) is 1.71. The molecule has 0 spiro atoms. The van der Waals surface area contributed by atoms with E-state index in [0.717, 1.165) is 30.9 Å². The molecule has 2 saturated heterocycles. The minimum atomic E-state index is -0.172. The molecule has 3 atom stereocenters. The Balaban J connectivity index is 1.72. The predicted molar refractivity (Wildman–Crippen MR) is 108 cm³/mol. The van der Waals surface area contributed by atoms with Crippen molar-refractivity contribution in [2.75, 3.05) is 26.7 Å². The van der Waals surface area contributed by atoms with Crippen molar-refractivity contribution in [3.63, 3.8) is 0 Å². The number of likely N-dealkylation sites (tertiary alicyclic amines) is 1. The number of benzene rings is 1. The quantitative estimate of drug-likeness (QED) is 0.854. The van der Waals surface area contributed by atoms with Gasteiger partial charge in [0.15, 0.2) is 0 Å². The Morgan fingerprint density at radius 1 is 1.14 bits per heavy atom. The topological polar surface area (TPSA) is 74.4 Å². The Kier molecular flexibility index (Phi) is 4.98. The highest BCUT2D eigenvalue weighted by atomic mass is 16.5. The number of carbonyl (C=O) groups is 1. The van der Waals surface area contributed by atoms with Gasteiger partial charge >= 0.3 is 0 Å². The number of methoxy groups -OCH3 is 1. The van der Waals surface area contributed by atoms with Gasteiger partial charge in [0.05, 0.1) is 18.7 Å². The van der Waals surface area contributed by atoms with E-state index in [1.54, 1.807) is 13.2 Å². The average Bonchev–Trinajstić information content (AvgIpc) is 3.28. The summed E-state index contributed by atoms with van der Waals surface area (Å²) >= 11 is 0. The van der Waals surface area contributed by atoms with Gasteiger partial charge in [0.25, 0.3) is 5.91 Å². The molecular weight excluding hydrogens is 354 g/mol. The molecule has 2 aliphatic rings. The fraction of sp³-hybridized carbons (Fsp3) is 0.455. The van der Waals surface area contributed by atoms with Gasteiger partial charge in [-0.2, -0.15) is 0 Å². The predicted octanol–water partition coefficient (Wildman–Crippen LogP) is 2.54. The summed E-state index contributed by atoms with van der Waals surface area (Å²) in [7, 11) is 1.65. The Hall–Kier alpha value is -2.60. The van der Waals surface area contributed by atoms with Crippen molar-refractivity contribution in [3.8, 4) is 5.75 Å². The van der Waals surface area contributed by atoms with Gasteiger partial charge in [-0.05, 0) is 35.6 Å². The number of aromatic nitrogens is 1. The molecule has 3 heterocycles. The van der Waals surface area contributed by atoms with Gasteiger partial charge in [-0.3, -0.25) is 9.59 Å². The van der Waals surface area contributed by atoms with Gasteiger partial charge in [-0.1, -0.05) is 26.0 Å². The fourth-order valence-electron chi connectivity index (χ4n) is 4.64. The SMILES string of the molecule is COc1ccc([C@H]2[C@H]3CNC[C@H]3CN2C(=O)c2ccc(=O)[nH]c2C(C)C)cc1. The number of pyridine rings is 1. The van der Waals surface area contributed by atoms with Crippen LogP contribution in [0.3, 0.4) is 0 Å². The number of H-pyrrole nitrogens is 1. The second-order valence-corrected chi connectivity index (χ2v) is 8.06. The van der Waals surface area contributed by atoms with Crippen LogP contribution in [0.5, 0.6) is 5.75 Å². The fourth-order valence-corrected chi connectivity index (χ4v) is 4.64. The largest absolute Gasteiger partial charge is 0.497 e. The van der Waals surface area contributed by atoms with Gasteiger partial charge < -0.3 is 19.9 Å². The van der Waals surface area contributed by atoms with Crippen LogP contribution < -0.4 is 15.6 Å². The van der Waals surface area contributed by atoms with Gasteiger partial charge in [0, 0.05) is 37.3 Å². The van der Waals surface area contributed by atoms with Gasteiger partial charge in [0.2, 0.25) is 5.56 Å². The van der Waals surface area contributed by atoms with Crippen LogP contribution in [0.2, 0.25) is 0 Å². The lowest BCUT2D eigenvalue weighted by molar-refractivity contribution is 0.0712. The molecule has 148 valence electrons. The molecular formula is C22H27N3O3. The summed E-state index contributed by atoms with van der Waals surface area (Å²) in [6.07, 6.45) is 0. The van der Waals surface area contributed by atoms with E-state index in [0.29, 0.717) is 23.1 Å². The van der Waals surface area contributed by atoms with Crippen LogP contribution >= 0.6 is 0 Å². The summed E-state index contributed by atoms with van der Waals surface area (Å²) in [5.41, 5.74) is 2.26. The van der Waals surface area contributed by atoms with Gasteiger partial charge in [-0.15, -0.1) is 0 Å². The molecule has 6 heteroatoms. The zero-order valence-corrected chi connectivity index (χ0v) is 16.6. The minimum Gasteiger partial charge on any atom is -0.497 e. The third-order valence-electron chi connectivity index (χ3n) is 6.04. The molecule has 0 unspecified atom stereocenters. The van der Waals surface area contributed by atoms with Crippen LogP contribution in [0.25, 0.3) is 0 Å². The summed E-state index contributed by atoms with van der Waals surface area (Å²) in [6, 6.07) is 11.2. The first kappa shape index (κ1) is 18.7. The van der Waals surface area contributed by atoms with Crippen LogP contribution in [-0.4, -0.2) is 42.5 Å². The zero-order chi connectivity index (χ0) is 19.8. The standard InChI is InChI=1S/C22H27N3O3/c1-13(2)20-17(8-9-19(26)24-20)22(27)25-12-15-10-23-11-18(15)21(25)14-4-6-16(28-3)7-5-14/h4-9,13,15,18,21,23H,10-12H2,1-3H3,(H,24,26)/t15-,18-,21-/m0/s1. The number of nitrogens with one attached hydrogen (secondary N) is 2. The maximum atomic E-state index is 13.6. The van der Waals surface area contributed by atoms with Crippen molar-refractivity contribution in [1.82, 2.24) is 15.2 Å². The number of fused-ring (bicyclic) bond motifs is 1. The van der Waals surface area contributed by atoms with E-state index in [1.165, 1.54) is 6.07 Å². The van der Waals surface area contributed by atoms with Crippen molar-refractivity contribution < 1.29 is 9.53 Å². The van der Waals surface area contributed by atoms with E-state index in [-0.39, 0.29) is 23.4 Å². The van der Waals surface area contributed by atoms with Gasteiger partial charge in [0.1, 0.15) is 5.75 Å². The van der Waals surface area contributed by atoms with Crippen molar-refractivity contribution in [2.45, 2.75) is 25.8 Å². The smallest absolute Gasteiger partial charge is 0.256 e. The molecule has 1 amide bonds. The molecule has 0 saturated carbocycles. The monoisotopic (exact) mass is 381 g/mol. The molecule has 4 rings (SSSR count). The molecule has 0 radical (unpaired) electrons. The lowest BCUT2D eigenvalue weighted by Gasteiger charge is -2.29. The number of hydrogen-bond donors (Lipinski definition) is 2. The number of ether oxygens (including phenoxy) is 1. The Labute approximate surface area is 164 Å². The van der Waals surface area contributed by atoms with Crippen LogP contribution in [0.1, 0.15) is 47.4 Å². The van der Waals surface area contributed by atoms with E-state index < -0.39 is 0 Å². The van der Waals surface area contributed by atoms with E-state index in [1.807, 2.05) is 30.9 Å². The highest BCUT2D eigenvalue weighted by Crippen LogP contribution is 2.43. The average molecular weight is 381 g/mol. The van der Waals surface area contributed by atoms with E-state index >= 15 is 0 Å². The highest BCUT2D eigenvalue weighted by Gasteiger charge is 2.47. The van der Waals surface area contributed by atoms with Crippen molar-refractivity contribution in [1.29, 1.82) is 0 Å². The normalized spacial score (nSPS) is 23.9. The minimum absolute atomic E-state index is 0.00447. The van der Waals surface area contributed by atoms with Gasteiger partial charge in [-0.25, -0.2) is 0 Å².